The average Bonchev–Trinajstić information content (AvgIpc) is 3.33. The molecule has 2 heterocycles. The fourth-order valence-electron chi connectivity index (χ4n) is 4.27. The number of ether oxygens (including phenoxy) is 1. The molecule has 1 aliphatic rings. The van der Waals surface area contributed by atoms with Crippen molar-refractivity contribution in [3.63, 3.8) is 0 Å². The SMILES string of the molecule is C=CCn1c(CCc2ccccc2)nnc1SCC(=O)Nc1sc2c(c1C(=O)OC)CCCCC2. The molecule has 0 radical (unpaired) electrons. The standard InChI is InChI=1S/C26H30N4O3S2/c1-3-16-30-21(15-14-18-10-6-4-7-11-18)28-29-26(30)34-17-22(31)27-24-23(25(32)33-2)19-12-8-5-9-13-20(19)35-24/h3-4,6-7,10-11H,1,5,8-9,12-17H2,2H3,(H,27,31). The van der Waals surface area contributed by atoms with E-state index in [1.165, 1.54) is 40.6 Å². The van der Waals surface area contributed by atoms with Crippen LogP contribution < -0.4 is 5.32 Å². The first-order chi connectivity index (χ1) is 17.1. The van der Waals surface area contributed by atoms with Gasteiger partial charge in [0.1, 0.15) is 10.8 Å². The van der Waals surface area contributed by atoms with E-state index < -0.39 is 0 Å². The summed E-state index contributed by atoms with van der Waals surface area (Å²) >= 11 is 2.83. The molecule has 0 atom stereocenters. The van der Waals surface area contributed by atoms with Crippen molar-refractivity contribution < 1.29 is 14.3 Å². The second-order valence-corrected chi connectivity index (χ2v) is 10.4. The zero-order valence-corrected chi connectivity index (χ0v) is 21.6. The zero-order chi connectivity index (χ0) is 24.6. The Morgan fingerprint density at radius 2 is 1.97 bits per heavy atom. The number of benzene rings is 1. The van der Waals surface area contributed by atoms with Crippen molar-refractivity contribution in [2.24, 2.45) is 0 Å². The van der Waals surface area contributed by atoms with Gasteiger partial charge in [0, 0.05) is 17.8 Å². The van der Waals surface area contributed by atoms with Gasteiger partial charge in [0.15, 0.2) is 5.16 Å². The quantitative estimate of drug-likeness (QED) is 0.177. The van der Waals surface area contributed by atoms with Gasteiger partial charge < -0.3 is 14.6 Å². The number of anilines is 1. The van der Waals surface area contributed by atoms with Crippen LogP contribution in [0, 0.1) is 0 Å². The summed E-state index contributed by atoms with van der Waals surface area (Å²) < 4.78 is 7.03. The molecular formula is C26H30N4O3S2. The zero-order valence-electron chi connectivity index (χ0n) is 19.9. The molecule has 1 aliphatic carbocycles. The summed E-state index contributed by atoms with van der Waals surface area (Å²) in [5.74, 6) is 0.459. The Kier molecular flexibility index (Phi) is 8.76. The van der Waals surface area contributed by atoms with E-state index in [0.717, 1.165) is 56.3 Å². The molecule has 2 aromatic heterocycles. The van der Waals surface area contributed by atoms with Crippen LogP contribution in [0.2, 0.25) is 0 Å². The van der Waals surface area contributed by atoms with Crippen LogP contribution in [0.4, 0.5) is 5.00 Å². The molecule has 3 aromatic rings. The van der Waals surface area contributed by atoms with Crippen LogP contribution >= 0.6 is 23.1 Å². The predicted molar refractivity (Wildman–Crippen MR) is 140 cm³/mol. The molecule has 0 fully saturated rings. The number of hydrogen-bond donors (Lipinski definition) is 1. The van der Waals surface area contributed by atoms with Crippen molar-refractivity contribution in [3.8, 4) is 0 Å². The van der Waals surface area contributed by atoms with Crippen molar-refractivity contribution in [2.75, 3.05) is 18.2 Å². The summed E-state index contributed by atoms with van der Waals surface area (Å²) in [6, 6.07) is 10.3. The highest BCUT2D eigenvalue weighted by atomic mass is 32.2. The van der Waals surface area contributed by atoms with Gasteiger partial charge in [-0.3, -0.25) is 4.79 Å². The Morgan fingerprint density at radius 1 is 1.17 bits per heavy atom. The van der Waals surface area contributed by atoms with Crippen LogP contribution in [0.3, 0.4) is 0 Å². The smallest absolute Gasteiger partial charge is 0.341 e. The van der Waals surface area contributed by atoms with Crippen LogP contribution in [0.1, 0.15) is 51.4 Å². The number of carbonyl (C=O) groups excluding carboxylic acids is 2. The normalized spacial score (nSPS) is 13.1. The number of carbonyl (C=O) groups is 2. The lowest BCUT2D eigenvalue weighted by atomic mass is 10.1. The Morgan fingerprint density at radius 3 is 2.74 bits per heavy atom. The van der Waals surface area contributed by atoms with Gasteiger partial charge in [0.25, 0.3) is 0 Å². The monoisotopic (exact) mass is 510 g/mol. The molecule has 0 spiro atoms. The van der Waals surface area contributed by atoms with Crippen LogP contribution in [-0.2, 0) is 41.8 Å². The molecule has 1 amide bonds. The van der Waals surface area contributed by atoms with Gasteiger partial charge in [0.2, 0.25) is 5.91 Å². The Labute approximate surface area is 214 Å². The number of allylic oxidation sites excluding steroid dienone is 1. The number of aryl methyl sites for hydroxylation is 3. The van der Waals surface area contributed by atoms with Crippen molar-refractivity contribution in [2.45, 2.75) is 56.6 Å². The number of rotatable bonds is 10. The maximum absolute atomic E-state index is 12.9. The van der Waals surface area contributed by atoms with Gasteiger partial charge >= 0.3 is 5.97 Å². The fourth-order valence-corrected chi connectivity index (χ4v) is 6.33. The number of aromatic nitrogens is 3. The van der Waals surface area contributed by atoms with Crippen molar-refractivity contribution in [1.29, 1.82) is 0 Å². The van der Waals surface area contributed by atoms with Crippen LogP contribution in [0.25, 0.3) is 0 Å². The molecule has 184 valence electrons. The number of thiophene rings is 1. The molecule has 4 rings (SSSR count). The fraction of sp³-hybridized carbons (Fsp3) is 0.385. The lowest BCUT2D eigenvalue weighted by molar-refractivity contribution is -0.113. The van der Waals surface area contributed by atoms with Gasteiger partial charge in [0.05, 0.1) is 18.4 Å². The average molecular weight is 511 g/mol. The number of nitrogens with zero attached hydrogens (tertiary/aromatic N) is 3. The van der Waals surface area contributed by atoms with Gasteiger partial charge in [-0.2, -0.15) is 0 Å². The number of nitrogens with one attached hydrogen (secondary N) is 1. The van der Waals surface area contributed by atoms with E-state index in [1.807, 2.05) is 22.8 Å². The first-order valence-corrected chi connectivity index (χ1v) is 13.6. The summed E-state index contributed by atoms with van der Waals surface area (Å²) in [6.45, 7) is 4.43. The van der Waals surface area contributed by atoms with Crippen molar-refractivity contribution in [1.82, 2.24) is 14.8 Å². The molecule has 7 nitrogen and oxygen atoms in total. The van der Waals surface area contributed by atoms with Crippen molar-refractivity contribution >= 4 is 40.0 Å². The third-order valence-corrected chi connectivity index (χ3v) is 8.16. The minimum Gasteiger partial charge on any atom is -0.465 e. The third-order valence-electron chi connectivity index (χ3n) is 5.98. The summed E-state index contributed by atoms with van der Waals surface area (Å²) in [7, 11) is 1.38. The van der Waals surface area contributed by atoms with Gasteiger partial charge in [-0.1, -0.05) is 54.6 Å². The van der Waals surface area contributed by atoms with E-state index in [2.05, 4.69) is 34.2 Å². The highest BCUT2D eigenvalue weighted by molar-refractivity contribution is 7.99. The molecular weight excluding hydrogens is 480 g/mol. The van der Waals surface area contributed by atoms with E-state index in [0.29, 0.717) is 22.3 Å². The number of esters is 1. The van der Waals surface area contributed by atoms with Gasteiger partial charge in [-0.25, -0.2) is 4.79 Å². The van der Waals surface area contributed by atoms with E-state index in [9.17, 15) is 9.59 Å². The summed E-state index contributed by atoms with van der Waals surface area (Å²) in [5.41, 5.74) is 2.80. The number of hydrogen-bond acceptors (Lipinski definition) is 7. The van der Waals surface area contributed by atoms with Crippen LogP contribution in [0.5, 0.6) is 0 Å². The van der Waals surface area contributed by atoms with E-state index >= 15 is 0 Å². The number of thioether (sulfide) groups is 1. The van der Waals surface area contributed by atoms with Crippen LogP contribution in [-0.4, -0.2) is 39.5 Å². The van der Waals surface area contributed by atoms with E-state index in [-0.39, 0.29) is 17.6 Å². The highest BCUT2D eigenvalue weighted by Gasteiger charge is 2.26. The molecule has 0 saturated carbocycles. The summed E-state index contributed by atoms with van der Waals surface area (Å²) in [6.07, 6.45) is 8.50. The lowest BCUT2D eigenvalue weighted by Gasteiger charge is -2.09. The maximum atomic E-state index is 12.9. The Bertz CT molecular complexity index is 1190. The summed E-state index contributed by atoms with van der Waals surface area (Å²) in [5, 5.41) is 12.9. The predicted octanol–water partition coefficient (Wildman–Crippen LogP) is 5.10. The topological polar surface area (TPSA) is 86.1 Å². The third kappa shape index (κ3) is 6.21. The van der Waals surface area contributed by atoms with Gasteiger partial charge in [-0.15, -0.1) is 28.1 Å². The molecule has 9 heteroatoms. The van der Waals surface area contributed by atoms with Crippen LogP contribution in [0.15, 0.2) is 48.1 Å². The minimum atomic E-state index is -0.388. The molecule has 0 aliphatic heterocycles. The molecule has 0 saturated heterocycles. The Hall–Kier alpha value is -2.91. The number of methoxy groups -OCH3 is 1. The number of amides is 1. The lowest BCUT2D eigenvalue weighted by Crippen LogP contribution is -2.17. The largest absolute Gasteiger partial charge is 0.465 e. The highest BCUT2D eigenvalue weighted by Crippen LogP contribution is 2.38. The minimum absolute atomic E-state index is 0.164. The Balaban J connectivity index is 1.43. The molecule has 0 bridgehead atoms. The van der Waals surface area contributed by atoms with E-state index in [4.69, 9.17) is 4.74 Å². The number of fused-ring (bicyclic) bond motifs is 1. The molecule has 0 unspecified atom stereocenters. The molecule has 1 N–H and O–H groups in total. The summed E-state index contributed by atoms with van der Waals surface area (Å²) in [4.78, 5) is 26.6. The first-order valence-electron chi connectivity index (χ1n) is 11.8. The second kappa shape index (κ2) is 12.2. The maximum Gasteiger partial charge on any atom is 0.341 e. The molecule has 1 aromatic carbocycles. The molecule has 35 heavy (non-hydrogen) atoms. The second-order valence-electron chi connectivity index (χ2n) is 8.38. The van der Waals surface area contributed by atoms with Crippen molar-refractivity contribution in [3.05, 3.63) is 70.4 Å². The van der Waals surface area contributed by atoms with Gasteiger partial charge in [-0.05, 0) is 43.2 Å². The van der Waals surface area contributed by atoms with E-state index in [1.54, 1.807) is 6.08 Å². The first kappa shape index (κ1) is 25.2.